The van der Waals surface area contributed by atoms with E-state index in [0.29, 0.717) is 6.42 Å². The molecular weight excluding hydrogens is 250 g/mol. The smallest absolute Gasteiger partial charge is 0.167 e. The lowest BCUT2D eigenvalue weighted by atomic mass is 9.86. The van der Waals surface area contributed by atoms with Gasteiger partial charge in [-0.25, -0.2) is 0 Å². The molecule has 1 aliphatic rings. The van der Waals surface area contributed by atoms with Crippen LogP contribution in [-0.2, 0) is 14.9 Å². The summed E-state index contributed by atoms with van der Waals surface area (Å²) in [5, 5.41) is 0. The molecule has 1 fully saturated rings. The van der Waals surface area contributed by atoms with E-state index in [1.165, 1.54) is 5.56 Å². The van der Waals surface area contributed by atoms with Crippen LogP contribution < -0.4 is 5.73 Å². The molecule has 1 saturated heterocycles. The fourth-order valence-corrected chi connectivity index (χ4v) is 2.54. The van der Waals surface area contributed by atoms with Crippen molar-refractivity contribution in [3.8, 4) is 0 Å². The van der Waals surface area contributed by atoms with Gasteiger partial charge in [-0.05, 0) is 29.9 Å². The summed E-state index contributed by atoms with van der Waals surface area (Å²) in [4.78, 5) is 0. The van der Waals surface area contributed by atoms with Crippen LogP contribution in [0.5, 0.6) is 0 Å². The standard InChI is InChI=1S/C17H27NO2/c1-16(2,3)14-8-6-13(7-9-14)15(18)12-17(4)19-10-5-11-20-17/h6-9,15H,5,10-12,18H2,1-4H3. The van der Waals surface area contributed by atoms with Gasteiger partial charge in [0.2, 0.25) is 0 Å². The summed E-state index contributed by atoms with van der Waals surface area (Å²) in [6.45, 7) is 10.1. The third-order valence-corrected chi connectivity index (χ3v) is 3.90. The van der Waals surface area contributed by atoms with E-state index in [-0.39, 0.29) is 11.5 Å². The average Bonchev–Trinajstić information content (AvgIpc) is 2.38. The number of benzene rings is 1. The highest BCUT2D eigenvalue weighted by Crippen LogP contribution is 2.30. The topological polar surface area (TPSA) is 44.5 Å². The molecule has 1 unspecified atom stereocenters. The van der Waals surface area contributed by atoms with Gasteiger partial charge in [0.05, 0.1) is 13.2 Å². The van der Waals surface area contributed by atoms with E-state index < -0.39 is 5.79 Å². The van der Waals surface area contributed by atoms with E-state index >= 15 is 0 Å². The minimum atomic E-state index is -0.541. The first kappa shape index (κ1) is 15.5. The second-order valence-electron chi connectivity index (χ2n) is 6.87. The Morgan fingerprint density at radius 1 is 1.15 bits per heavy atom. The van der Waals surface area contributed by atoms with Crippen molar-refractivity contribution in [3.63, 3.8) is 0 Å². The van der Waals surface area contributed by atoms with Crippen LogP contribution in [0.15, 0.2) is 24.3 Å². The van der Waals surface area contributed by atoms with E-state index in [2.05, 4.69) is 45.0 Å². The van der Waals surface area contributed by atoms with Gasteiger partial charge in [-0.3, -0.25) is 0 Å². The molecule has 2 N–H and O–H groups in total. The Kier molecular flexibility index (Phi) is 4.52. The van der Waals surface area contributed by atoms with Gasteiger partial charge in [0.25, 0.3) is 0 Å². The minimum absolute atomic E-state index is 0.0629. The maximum atomic E-state index is 6.31. The summed E-state index contributed by atoms with van der Waals surface area (Å²) in [6.07, 6.45) is 1.65. The van der Waals surface area contributed by atoms with Gasteiger partial charge in [0, 0.05) is 12.5 Å². The number of hydrogen-bond acceptors (Lipinski definition) is 3. The molecule has 3 nitrogen and oxygen atoms in total. The molecule has 1 heterocycles. The molecule has 112 valence electrons. The first-order valence-electron chi connectivity index (χ1n) is 7.44. The van der Waals surface area contributed by atoms with Crippen molar-refractivity contribution in [3.05, 3.63) is 35.4 Å². The number of rotatable bonds is 3. The average molecular weight is 277 g/mol. The number of hydrogen-bond donors (Lipinski definition) is 1. The van der Waals surface area contributed by atoms with Crippen molar-refractivity contribution in [2.75, 3.05) is 13.2 Å². The lowest BCUT2D eigenvalue weighted by molar-refractivity contribution is -0.260. The minimum Gasteiger partial charge on any atom is -0.350 e. The summed E-state index contributed by atoms with van der Waals surface area (Å²) < 4.78 is 11.5. The zero-order valence-corrected chi connectivity index (χ0v) is 13.1. The molecule has 20 heavy (non-hydrogen) atoms. The second-order valence-corrected chi connectivity index (χ2v) is 6.87. The van der Waals surface area contributed by atoms with Crippen molar-refractivity contribution in [1.82, 2.24) is 0 Å². The molecule has 0 amide bonds. The van der Waals surface area contributed by atoms with Crippen LogP contribution in [0.3, 0.4) is 0 Å². The monoisotopic (exact) mass is 277 g/mol. The maximum Gasteiger partial charge on any atom is 0.167 e. The van der Waals surface area contributed by atoms with Crippen LogP contribution in [-0.4, -0.2) is 19.0 Å². The lowest BCUT2D eigenvalue weighted by Gasteiger charge is -2.35. The quantitative estimate of drug-likeness (QED) is 0.919. The predicted octanol–water partition coefficient (Wildman–Crippen LogP) is 3.53. The molecule has 1 aromatic carbocycles. The van der Waals surface area contributed by atoms with Crippen LogP contribution in [0.25, 0.3) is 0 Å². The summed E-state index contributed by atoms with van der Waals surface area (Å²) in [5.41, 5.74) is 8.94. The third kappa shape index (κ3) is 3.81. The van der Waals surface area contributed by atoms with E-state index in [0.717, 1.165) is 25.2 Å². The first-order chi connectivity index (χ1) is 9.30. The molecule has 0 aliphatic carbocycles. The Morgan fingerprint density at radius 3 is 2.20 bits per heavy atom. The lowest BCUT2D eigenvalue weighted by Crippen LogP contribution is -2.40. The largest absolute Gasteiger partial charge is 0.350 e. The van der Waals surface area contributed by atoms with Crippen molar-refractivity contribution < 1.29 is 9.47 Å². The Hall–Kier alpha value is -0.900. The second kappa shape index (κ2) is 5.84. The van der Waals surface area contributed by atoms with Gasteiger partial charge in [-0.1, -0.05) is 45.0 Å². The molecule has 1 atom stereocenters. The highest BCUT2D eigenvalue weighted by molar-refractivity contribution is 5.29. The van der Waals surface area contributed by atoms with Crippen molar-refractivity contribution in [2.45, 2.75) is 57.8 Å². The summed E-state index contributed by atoms with van der Waals surface area (Å²) in [6, 6.07) is 8.52. The molecule has 0 radical (unpaired) electrons. The molecule has 1 aliphatic heterocycles. The zero-order valence-electron chi connectivity index (χ0n) is 13.1. The Bertz CT molecular complexity index is 427. The van der Waals surface area contributed by atoms with Crippen LogP contribution in [0.1, 0.15) is 57.7 Å². The molecule has 0 saturated carbocycles. The Morgan fingerprint density at radius 2 is 1.70 bits per heavy atom. The predicted molar refractivity (Wildman–Crippen MR) is 81.6 cm³/mol. The van der Waals surface area contributed by atoms with E-state index in [4.69, 9.17) is 15.2 Å². The van der Waals surface area contributed by atoms with Gasteiger partial charge in [-0.2, -0.15) is 0 Å². The van der Waals surface area contributed by atoms with Crippen LogP contribution in [0.2, 0.25) is 0 Å². The van der Waals surface area contributed by atoms with Crippen molar-refractivity contribution in [1.29, 1.82) is 0 Å². The van der Waals surface area contributed by atoms with E-state index in [9.17, 15) is 0 Å². The van der Waals surface area contributed by atoms with Crippen LogP contribution in [0, 0.1) is 0 Å². The number of ether oxygens (including phenoxy) is 2. The van der Waals surface area contributed by atoms with Crippen LogP contribution in [0.4, 0.5) is 0 Å². The third-order valence-electron chi connectivity index (χ3n) is 3.90. The zero-order chi connectivity index (χ0) is 14.8. The van der Waals surface area contributed by atoms with Gasteiger partial charge in [0.1, 0.15) is 0 Å². The summed E-state index contributed by atoms with van der Waals surface area (Å²) >= 11 is 0. The van der Waals surface area contributed by atoms with Crippen LogP contribution >= 0.6 is 0 Å². The Balaban J connectivity index is 2.04. The molecule has 2 rings (SSSR count). The first-order valence-corrected chi connectivity index (χ1v) is 7.44. The van der Waals surface area contributed by atoms with E-state index in [1.54, 1.807) is 0 Å². The van der Waals surface area contributed by atoms with E-state index in [1.807, 2.05) is 6.92 Å². The van der Waals surface area contributed by atoms with Gasteiger partial charge in [0.15, 0.2) is 5.79 Å². The Labute approximate surface area is 122 Å². The fraction of sp³-hybridized carbons (Fsp3) is 0.647. The molecular formula is C17H27NO2. The number of nitrogens with two attached hydrogens (primary N) is 1. The van der Waals surface area contributed by atoms with Crippen molar-refractivity contribution in [2.24, 2.45) is 5.73 Å². The summed E-state index contributed by atoms with van der Waals surface area (Å²) in [7, 11) is 0. The molecule has 0 spiro atoms. The fourth-order valence-electron chi connectivity index (χ4n) is 2.54. The maximum absolute atomic E-state index is 6.31. The van der Waals surface area contributed by atoms with Gasteiger partial charge >= 0.3 is 0 Å². The highest BCUT2D eigenvalue weighted by Gasteiger charge is 2.31. The molecule has 0 bridgehead atoms. The molecule has 1 aromatic rings. The van der Waals surface area contributed by atoms with Gasteiger partial charge in [-0.15, -0.1) is 0 Å². The normalized spacial score (nSPS) is 20.6. The van der Waals surface area contributed by atoms with Crippen molar-refractivity contribution >= 4 is 0 Å². The SMILES string of the molecule is CC1(CC(N)c2ccc(C(C)(C)C)cc2)OCCCO1. The molecule has 0 aromatic heterocycles. The van der Waals surface area contributed by atoms with Gasteiger partial charge < -0.3 is 15.2 Å². The highest BCUT2D eigenvalue weighted by atomic mass is 16.7. The molecule has 3 heteroatoms. The summed E-state index contributed by atoms with van der Waals surface area (Å²) in [5.74, 6) is -0.541.